The molecule has 0 saturated heterocycles. The van der Waals surface area contributed by atoms with Gasteiger partial charge in [0.2, 0.25) is 5.91 Å². The standard InChI is InChI=1S/C18H19FN4O2/c1-3-14(24)23-18(6-7-18)9-25-16-15(21-10-22-17(16)20)13-8-12(19)5-4-11(13)2/h3-5,8,10H,1,6-7,9H2,2H3,(H,23,24)(H2,20,21,22). The Labute approximate surface area is 144 Å². The van der Waals surface area contributed by atoms with E-state index in [2.05, 4.69) is 21.9 Å². The predicted octanol–water partition coefficient (Wildman–Crippen LogP) is 2.39. The molecule has 0 unspecified atom stereocenters. The van der Waals surface area contributed by atoms with E-state index in [1.807, 2.05) is 6.92 Å². The second-order valence-electron chi connectivity index (χ2n) is 6.16. The minimum atomic E-state index is -0.429. The maximum absolute atomic E-state index is 13.7. The number of amides is 1. The van der Waals surface area contributed by atoms with E-state index in [0.717, 1.165) is 18.4 Å². The van der Waals surface area contributed by atoms with Crippen molar-refractivity contribution < 1.29 is 13.9 Å². The van der Waals surface area contributed by atoms with E-state index < -0.39 is 5.54 Å². The molecule has 6 nitrogen and oxygen atoms in total. The molecule has 0 aliphatic heterocycles. The van der Waals surface area contributed by atoms with E-state index in [-0.39, 0.29) is 29.9 Å². The number of rotatable bonds is 6. The summed E-state index contributed by atoms with van der Waals surface area (Å²) < 4.78 is 19.5. The summed E-state index contributed by atoms with van der Waals surface area (Å²) in [6, 6.07) is 4.43. The maximum atomic E-state index is 13.7. The van der Waals surface area contributed by atoms with Crippen molar-refractivity contribution in [3.8, 4) is 17.0 Å². The van der Waals surface area contributed by atoms with Crippen LogP contribution in [0.4, 0.5) is 10.2 Å². The van der Waals surface area contributed by atoms with Gasteiger partial charge < -0.3 is 15.8 Å². The highest BCUT2D eigenvalue weighted by atomic mass is 19.1. The Morgan fingerprint density at radius 3 is 2.92 bits per heavy atom. The van der Waals surface area contributed by atoms with Gasteiger partial charge in [-0.25, -0.2) is 14.4 Å². The minimum Gasteiger partial charge on any atom is -0.485 e. The Hall–Kier alpha value is -2.96. The molecular formula is C18H19FN4O2. The number of hydrogen-bond donors (Lipinski definition) is 2. The number of aryl methyl sites for hydroxylation is 1. The first-order valence-corrected chi connectivity index (χ1v) is 7.88. The number of ether oxygens (including phenoxy) is 1. The summed E-state index contributed by atoms with van der Waals surface area (Å²) in [4.78, 5) is 19.7. The fraction of sp³-hybridized carbons (Fsp3) is 0.278. The number of nitrogens with zero attached hydrogens (tertiary/aromatic N) is 2. The highest BCUT2D eigenvalue weighted by molar-refractivity contribution is 5.87. The van der Waals surface area contributed by atoms with Crippen LogP contribution in [0.1, 0.15) is 18.4 Å². The van der Waals surface area contributed by atoms with Crippen LogP contribution in [0.25, 0.3) is 11.3 Å². The van der Waals surface area contributed by atoms with Crippen molar-refractivity contribution in [2.45, 2.75) is 25.3 Å². The third kappa shape index (κ3) is 3.60. The van der Waals surface area contributed by atoms with Gasteiger partial charge in [-0.05, 0) is 43.5 Å². The molecule has 25 heavy (non-hydrogen) atoms. The first kappa shape index (κ1) is 16.9. The molecule has 1 aliphatic carbocycles. The van der Waals surface area contributed by atoms with Gasteiger partial charge in [-0.3, -0.25) is 4.79 Å². The van der Waals surface area contributed by atoms with Crippen LogP contribution in [0.15, 0.2) is 37.2 Å². The zero-order valence-electron chi connectivity index (χ0n) is 13.9. The van der Waals surface area contributed by atoms with Crippen molar-refractivity contribution in [3.05, 3.63) is 48.6 Å². The molecule has 3 N–H and O–H groups in total. The summed E-state index contributed by atoms with van der Waals surface area (Å²) in [5.41, 5.74) is 7.37. The molecule has 7 heteroatoms. The number of nitrogens with two attached hydrogens (primary N) is 1. The SMILES string of the molecule is C=CC(=O)NC1(COc2c(N)ncnc2-c2cc(F)ccc2C)CC1. The van der Waals surface area contributed by atoms with Gasteiger partial charge in [0.1, 0.15) is 24.4 Å². The summed E-state index contributed by atoms with van der Waals surface area (Å²) in [6.07, 6.45) is 4.14. The number of aromatic nitrogens is 2. The number of carbonyl (C=O) groups is 1. The van der Waals surface area contributed by atoms with E-state index in [9.17, 15) is 9.18 Å². The quantitative estimate of drug-likeness (QED) is 0.787. The van der Waals surface area contributed by atoms with E-state index in [1.165, 1.54) is 24.5 Å². The topological polar surface area (TPSA) is 90.1 Å². The zero-order chi connectivity index (χ0) is 18.0. The molecule has 130 valence electrons. The van der Waals surface area contributed by atoms with Crippen molar-refractivity contribution in [1.82, 2.24) is 15.3 Å². The molecule has 1 saturated carbocycles. The minimum absolute atomic E-state index is 0.166. The third-order valence-corrected chi connectivity index (χ3v) is 4.21. The van der Waals surface area contributed by atoms with Crippen molar-refractivity contribution >= 4 is 11.7 Å². The largest absolute Gasteiger partial charge is 0.485 e. The molecule has 1 aromatic heterocycles. The van der Waals surface area contributed by atoms with E-state index in [4.69, 9.17) is 10.5 Å². The van der Waals surface area contributed by atoms with Gasteiger partial charge in [-0.2, -0.15) is 0 Å². The summed E-state index contributed by atoms with van der Waals surface area (Å²) in [5, 5.41) is 2.86. The second kappa shape index (κ2) is 6.51. The first-order valence-electron chi connectivity index (χ1n) is 7.88. The molecule has 1 heterocycles. The number of halogens is 1. The van der Waals surface area contributed by atoms with E-state index in [1.54, 1.807) is 6.07 Å². The molecule has 0 radical (unpaired) electrons. The predicted molar refractivity (Wildman–Crippen MR) is 92.4 cm³/mol. The molecule has 1 fully saturated rings. The number of hydrogen-bond acceptors (Lipinski definition) is 5. The van der Waals surface area contributed by atoms with Crippen LogP contribution in [0.2, 0.25) is 0 Å². The van der Waals surface area contributed by atoms with Crippen LogP contribution in [0, 0.1) is 12.7 Å². The lowest BCUT2D eigenvalue weighted by Crippen LogP contribution is -2.40. The summed E-state index contributed by atoms with van der Waals surface area (Å²) in [7, 11) is 0. The Balaban J connectivity index is 1.88. The smallest absolute Gasteiger partial charge is 0.243 e. The number of nitrogens with one attached hydrogen (secondary N) is 1. The van der Waals surface area contributed by atoms with Gasteiger partial charge in [-0.1, -0.05) is 12.6 Å². The van der Waals surface area contributed by atoms with Crippen LogP contribution in [-0.4, -0.2) is 28.0 Å². The normalized spacial score (nSPS) is 14.6. The number of nitrogen functional groups attached to an aromatic ring is 1. The van der Waals surface area contributed by atoms with E-state index >= 15 is 0 Å². The Kier molecular flexibility index (Phi) is 4.39. The van der Waals surface area contributed by atoms with Gasteiger partial charge in [0.25, 0.3) is 0 Å². The fourth-order valence-corrected chi connectivity index (χ4v) is 2.55. The Bertz CT molecular complexity index is 834. The lowest BCUT2D eigenvalue weighted by Gasteiger charge is -2.19. The summed E-state index contributed by atoms with van der Waals surface area (Å²) >= 11 is 0. The van der Waals surface area contributed by atoms with E-state index in [0.29, 0.717) is 11.3 Å². The molecule has 0 bridgehead atoms. The number of anilines is 1. The Morgan fingerprint density at radius 2 is 2.24 bits per heavy atom. The average molecular weight is 342 g/mol. The van der Waals surface area contributed by atoms with Crippen molar-refractivity contribution in [2.24, 2.45) is 0 Å². The molecule has 1 aromatic carbocycles. The van der Waals surface area contributed by atoms with Crippen molar-refractivity contribution in [1.29, 1.82) is 0 Å². The monoisotopic (exact) mass is 342 g/mol. The first-order chi connectivity index (χ1) is 11.9. The Morgan fingerprint density at radius 1 is 1.48 bits per heavy atom. The fourth-order valence-electron chi connectivity index (χ4n) is 2.55. The van der Waals surface area contributed by atoms with Gasteiger partial charge in [0, 0.05) is 5.56 Å². The molecule has 1 aliphatic rings. The van der Waals surface area contributed by atoms with Crippen molar-refractivity contribution in [3.63, 3.8) is 0 Å². The van der Waals surface area contributed by atoms with Gasteiger partial charge in [0.15, 0.2) is 11.6 Å². The summed E-state index contributed by atoms with van der Waals surface area (Å²) in [5.74, 6) is -0.171. The van der Waals surface area contributed by atoms with Crippen LogP contribution < -0.4 is 15.8 Å². The highest BCUT2D eigenvalue weighted by Crippen LogP contribution is 2.39. The molecule has 2 aromatic rings. The third-order valence-electron chi connectivity index (χ3n) is 4.21. The lowest BCUT2D eigenvalue weighted by molar-refractivity contribution is -0.117. The van der Waals surface area contributed by atoms with Crippen LogP contribution in [0.5, 0.6) is 5.75 Å². The zero-order valence-corrected chi connectivity index (χ0v) is 13.9. The van der Waals surface area contributed by atoms with Gasteiger partial charge >= 0.3 is 0 Å². The van der Waals surface area contributed by atoms with Crippen LogP contribution in [-0.2, 0) is 4.79 Å². The molecule has 3 rings (SSSR count). The van der Waals surface area contributed by atoms with Gasteiger partial charge in [0.05, 0.1) is 5.54 Å². The number of benzene rings is 1. The highest BCUT2D eigenvalue weighted by Gasteiger charge is 2.45. The summed E-state index contributed by atoms with van der Waals surface area (Å²) in [6.45, 7) is 5.53. The second-order valence-corrected chi connectivity index (χ2v) is 6.16. The molecular weight excluding hydrogens is 323 g/mol. The molecule has 0 atom stereocenters. The lowest BCUT2D eigenvalue weighted by atomic mass is 10.0. The maximum Gasteiger partial charge on any atom is 0.243 e. The average Bonchev–Trinajstić information content (AvgIpc) is 3.35. The van der Waals surface area contributed by atoms with Gasteiger partial charge in [-0.15, -0.1) is 0 Å². The van der Waals surface area contributed by atoms with Crippen LogP contribution >= 0.6 is 0 Å². The number of carbonyl (C=O) groups excluding carboxylic acids is 1. The van der Waals surface area contributed by atoms with Crippen LogP contribution in [0.3, 0.4) is 0 Å². The molecule has 1 amide bonds. The van der Waals surface area contributed by atoms with Crippen molar-refractivity contribution in [2.75, 3.05) is 12.3 Å². The molecule has 0 spiro atoms.